The molecule has 0 bridgehead atoms. The fraction of sp³-hybridized carbons (Fsp3) is 0.318. The number of rotatable bonds is 4. The Balaban J connectivity index is 1.26. The van der Waals surface area contributed by atoms with E-state index in [-0.39, 0.29) is 24.1 Å². The van der Waals surface area contributed by atoms with Crippen LogP contribution in [0.15, 0.2) is 34.9 Å². The molecule has 2 fully saturated rings. The number of carbonyl (C=O) groups is 4. The van der Waals surface area contributed by atoms with Crippen molar-refractivity contribution in [2.45, 2.75) is 13.0 Å². The van der Waals surface area contributed by atoms with Gasteiger partial charge in [0, 0.05) is 45.3 Å². The average Bonchev–Trinajstić information content (AvgIpc) is 3.06. The third kappa shape index (κ3) is 4.04. The molecule has 0 atom stereocenters. The highest BCUT2D eigenvalue weighted by Gasteiger charge is 2.43. The summed E-state index contributed by atoms with van der Waals surface area (Å²) in [6, 6.07) is 6.13. The van der Waals surface area contributed by atoms with Gasteiger partial charge in [0.1, 0.15) is 5.82 Å². The van der Waals surface area contributed by atoms with Crippen molar-refractivity contribution >= 4 is 57.1 Å². The Morgan fingerprint density at radius 1 is 0.971 bits per heavy atom. The second-order valence-corrected chi connectivity index (χ2v) is 9.42. The quantitative estimate of drug-likeness (QED) is 0.586. The van der Waals surface area contributed by atoms with Crippen molar-refractivity contribution in [1.82, 2.24) is 25.2 Å². The number of anilines is 1. The summed E-state index contributed by atoms with van der Waals surface area (Å²) < 4.78 is 0.781. The van der Waals surface area contributed by atoms with Gasteiger partial charge >= 0.3 is 6.03 Å². The number of piperazine rings is 1. The first-order valence-electron chi connectivity index (χ1n) is 10.7. The van der Waals surface area contributed by atoms with Crippen molar-refractivity contribution < 1.29 is 19.2 Å². The zero-order valence-electron chi connectivity index (χ0n) is 18.0. The zero-order chi connectivity index (χ0) is 24.0. The van der Waals surface area contributed by atoms with E-state index < -0.39 is 23.8 Å². The molecule has 2 aromatic rings. The summed E-state index contributed by atoms with van der Waals surface area (Å²) in [7, 11) is 0. The first-order chi connectivity index (χ1) is 16.3. The third-order valence-electron chi connectivity index (χ3n) is 6.10. The monoisotopic (exact) mass is 546 g/mol. The molecule has 5 rings (SSSR count). The highest BCUT2D eigenvalue weighted by Crippen LogP contribution is 2.31. The first-order valence-corrected chi connectivity index (χ1v) is 11.9. The molecule has 0 unspecified atom stereocenters. The fourth-order valence-electron chi connectivity index (χ4n) is 4.35. The van der Waals surface area contributed by atoms with Gasteiger partial charge in [-0.15, -0.1) is 0 Å². The van der Waals surface area contributed by atoms with E-state index in [0.717, 1.165) is 52.1 Å². The molecule has 10 nitrogen and oxygen atoms in total. The van der Waals surface area contributed by atoms with E-state index in [1.807, 2.05) is 6.07 Å². The van der Waals surface area contributed by atoms with Gasteiger partial charge in [-0.1, -0.05) is 17.7 Å². The Morgan fingerprint density at radius 2 is 1.71 bits per heavy atom. The van der Waals surface area contributed by atoms with E-state index in [0.29, 0.717) is 11.6 Å². The summed E-state index contributed by atoms with van der Waals surface area (Å²) in [4.78, 5) is 58.2. The summed E-state index contributed by atoms with van der Waals surface area (Å²) >= 11 is 9.70. The maximum atomic E-state index is 13.0. The predicted molar refractivity (Wildman–Crippen MR) is 126 cm³/mol. The molecule has 4 heterocycles. The Kier molecular flexibility index (Phi) is 6.00. The number of amides is 5. The summed E-state index contributed by atoms with van der Waals surface area (Å²) in [6.45, 7) is 3.71. The minimum atomic E-state index is -0.773. The standard InChI is InChI=1S/C22H20BrClN6O4/c23-18-16(24)3-5-25-19(18)28-9-7-27(8-10-28)12-13-1-2-14-15(11-13)21(33)30(20(14)32)29-6-4-17(31)26-22(29)34/h1-3,5,11H,4,6-10,12H2,(H,26,31,34). The molecule has 12 heteroatoms. The van der Waals surface area contributed by atoms with E-state index in [1.165, 1.54) is 0 Å². The number of nitrogens with one attached hydrogen (secondary N) is 1. The van der Waals surface area contributed by atoms with Crippen molar-refractivity contribution in [3.05, 3.63) is 56.6 Å². The molecule has 0 saturated carbocycles. The van der Waals surface area contributed by atoms with Crippen LogP contribution in [0.5, 0.6) is 0 Å². The summed E-state index contributed by atoms with van der Waals surface area (Å²) in [5, 5.41) is 4.57. The smallest absolute Gasteiger partial charge is 0.343 e. The Morgan fingerprint density at radius 3 is 2.44 bits per heavy atom. The van der Waals surface area contributed by atoms with Crippen LogP contribution < -0.4 is 10.2 Å². The van der Waals surface area contributed by atoms with Crippen LogP contribution in [-0.4, -0.2) is 76.4 Å². The number of hydrogen-bond donors (Lipinski definition) is 1. The lowest BCUT2D eigenvalue weighted by atomic mass is 10.1. The molecule has 1 aromatic heterocycles. The molecule has 0 radical (unpaired) electrons. The fourth-order valence-corrected chi connectivity index (χ4v) is 4.97. The third-order valence-corrected chi connectivity index (χ3v) is 7.43. The SMILES string of the molecule is O=C1CCN(N2C(=O)c3ccc(CN4CCN(c5nccc(Cl)c5Br)CC4)cc3C2=O)C(=O)N1. The minimum absolute atomic E-state index is 0.0229. The van der Waals surface area contributed by atoms with Crippen LogP contribution in [-0.2, 0) is 11.3 Å². The molecular formula is C22H20BrClN6O4. The number of hydrazine groups is 1. The number of benzene rings is 1. The van der Waals surface area contributed by atoms with Crippen molar-refractivity contribution in [2.75, 3.05) is 37.6 Å². The molecule has 3 aliphatic heterocycles. The summed E-state index contributed by atoms with van der Waals surface area (Å²) in [5.41, 5.74) is 1.41. The van der Waals surface area contributed by atoms with E-state index in [4.69, 9.17) is 11.6 Å². The average molecular weight is 548 g/mol. The highest BCUT2D eigenvalue weighted by molar-refractivity contribution is 9.10. The van der Waals surface area contributed by atoms with Gasteiger partial charge < -0.3 is 4.90 Å². The second-order valence-electron chi connectivity index (χ2n) is 8.22. The van der Waals surface area contributed by atoms with E-state index in [1.54, 1.807) is 24.4 Å². The van der Waals surface area contributed by atoms with Gasteiger partial charge in [-0.05, 0) is 39.7 Å². The van der Waals surface area contributed by atoms with Crippen LogP contribution in [0, 0.1) is 0 Å². The lowest BCUT2D eigenvalue weighted by Crippen LogP contribution is -2.58. The maximum absolute atomic E-state index is 13.0. The Hall–Kier alpha value is -3.02. The molecule has 1 N–H and O–H groups in total. The lowest BCUT2D eigenvalue weighted by Gasteiger charge is -2.36. The number of nitrogens with zero attached hydrogens (tertiary/aromatic N) is 5. The van der Waals surface area contributed by atoms with Crippen LogP contribution in [0.2, 0.25) is 5.02 Å². The highest BCUT2D eigenvalue weighted by atomic mass is 79.9. The summed E-state index contributed by atoms with van der Waals surface area (Å²) in [5.74, 6) is -0.742. The van der Waals surface area contributed by atoms with Gasteiger partial charge in [0.25, 0.3) is 11.8 Å². The number of pyridine rings is 1. The Bertz CT molecular complexity index is 1220. The van der Waals surface area contributed by atoms with Crippen LogP contribution in [0.25, 0.3) is 0 Å². The number of fused-ring (bicyclic) bond motifs is 1. The van der Waals surface area contributed by atoms with Crippen molar-refractivity contribution in [1.29, 1.82) is 0 Å². The first kappa shape index (κ1) is 22.8. The number of aromatic nitrogens is 1. The van der Waals surface area contributed by atoms with Crippen LogP contribution in [0.3, 0.4) is 0 Å². The van der Waals surface area contributed by atoms with Gasteiger partial charge in [0.05, 0.1) is 27.2 Å². The number of hydrogen-bond acceptors (Lipinski definition) is 7. The molecule has 1 aromatic carbocycles. The van der Waals surface area contributed by atoms with Crippen molar-refractivity contribution in [3.63, 3.8) is 0 Å². The summed E-state index contributed by atoms with van der Waals surface area (Å²) in [6.07, 6.45) is 1.71. The van der Waals surface area contributed by atoms with Crippen LogP contribution in [0.1, 0.15) is 32.7 Å². The predicted octanol–water partition coefficient (Wildman–Crippen LogP) is 2.27. The Labute approximate surface area is 208 Å². The van der Waals surface area contributed by atoms with Crippen LogP contribution in [0.4, 0.5) is 10.6 Å². The number of urea groups is 1. The molecule has 5 amide bonds. The normalized spacial score (nSPS) is 19.1. The van der Waals surface area contributed by atoms with Gasteiger partial charge in [-0.3, -0.25) is 24.6 Å². The van der Waals surface area contributed by atoms with Gasteiger partial charge in [-0.2, -0.15) is 5.01 Å². The van der Waals surface area contributed by atoms with E-state index >= 15 is 0 Å². The largest absolute Gasteiger partial charge is 0.353 e. The molecule has 34 heavy (non-hydrogen) atoms. The molecule has 176 valence electrons. The topological polar surface area (TPSA) is 106 Å². The van der Waals surface area contributed by atoms with Gasteiger partial charge in [0.2, 0.25) is 5.91 Å². The zero-order valence-corrected chi connectivity index (χ0v) is 20.3. The minimum Gasteiger partial charge on any atom is -0.353 e. The van der Waals surface area contributed by atoms with Crippen molar-refractivity contribution in [3.8, 4) is 0 Å². The van der Waals surface area contributed by atoms with Crippen molar-refractivity contribution in [2.24, 2.45) is 0 Å². The second kappa shape index (κ2) is 8.97. The molecule has 3 aliphatic rings. The number of carbonyl (C=O) groups excluding carboxylic acids is 4. The van der Waals surface area contributed by atoms with Gasteiger partial charge in [0.15, 0.2) is 0 Å². The number of halogens is 2. The van der Waals surface area contributed by atoms with E-state index in [9.17, 15) is 19.2 Å². The molecule has 0 aliphatic carbocycles. The van der Waals surface area contributed by atoms with E-state index in [2.05, 4.69) is 36.0 Å². The lowest BCUT2D eigenvalue weighted by molar-refractivity contribution is -0.122. The van der Waals surface area contributed by atoms with Crippen LogP contribution >= 0.6 is 27.5 Å². The molecule has 2 saturated heterocycles. The number of imide groups is 2. The molecular weight excluding hydrogens is 528 g/mol. The van der Waals surface area contributed by atoms with Gasteiger partial charge in [-0.25, -0.2) is 14.8 Å². The maximum Gasteiger partial charge on any atom is 0.343 e. The molecule has 0 spiro atoms.